The van der Waals surface area contributed by atoms with E-state index in [1.165, 1.54) is 0 Å². The van der Waals surface area contributed by atoms with Gasteiger partial charge < -0.3 is 9.47 Å². The van der Waals surface area contributed by atoms with E-state index in [2.05, 4.69) is 39.8 Å². The molecule has 0 N–H and O–H groups in total. The van der Waals surface area contributed by atoms with Crippen LogP contribution in [-0.2, 0) is 13.6 Å². The number of hydrogen-bond acceptors (Lipinski definition) is 6. The van der Waals surface area contributed by atoms with E-state index in [-0.39, 0.29) is 35.9 Å². The molecule has 10 heteroatoms. The minimum atomic E-state index is -0.692. The predicted octanol–water partition coefficient (Wildman–Crippen LogP) is 3.37. The summed E-state index contributed by atoms with van der Waals surface area (Å²) in [6.07, 6.45) is 4.38. The number of hydrogen-bond donors (Lipinski definition) is 0. The lowest BCUT2D eigenvalue weighted by Gasteiger charge is -2.49. The van der Waals surface area contributed by atoms with Gasteiger partial charge in [0.1, 0.15) is 23.7 Å². The Morgan fingerprint density at radius 2 is 1.94 bits per heavy atom. The highest BCUT2D eigenvalue weighted by atomic mass is 19.1. The Morgan fingerprint density at radius 1 is 1.21 bits per heavy atom. The van der Waals surface area contributed by atoms with E-state index in [1.807, 2.05) is 6.92 Å². The van der Waals surface area contributed by atoms with Crippen LogP contribution in [0.1, 0.15) is 45.3 Å². The van der Waals surface area contributed by atoms with Crippen LogP contribution in [0.4, 0.5) is 14.5 Å². The summed E-state index contributed by atoms with van der Waals surface area (Å²) in [6, 6.07) is 4.35. The van der Waals surface area contributed by atoms with Gasteiger partial charge in [-0.25, -0.2) is 8.78 Å². The number of rotatable bonds is 6. The third kappa shape index (κ3) is 4.16. The average molecular weight is 470 g/mol. The smallest absolute Gasteiger partial charge is 0.252 e. The van der Waals surface area contributed by atoms with Crippen LogP contribution in [0.2, 0.25) is 0 Å². The molecule has 1 unspecified atom stereocenters. The summed E-state index contributed by atoms with van der Waals surface area (Å²) in [6.45, 7) is 7.40. The normalized spacial score (nSPS) is 20.0. The van der Waals surface area contributed by atoms with Gasteiger partial charge in [0.2, 0.25) is 0 Å². The molecule has 34 heavy (non-hydrogen) atoms. The van der Waals surface area contributed by atoms with E-state index in [4.69, 9.17) is 5.26 Å². The summed E-state index contributed by atoms with van der Waals surface area (Å²) in [5.74, 6) is -1.34. The van der Waals surface area contributed by atoms with Crippen molar-refractivity contribution in [3.8, 4) is 6.07 Å². The molecule has 1 aliphatic rings. The Bertz CT molecular complexity index is 1290. The van der Waals surface area contributed by atoms with Crippen molar-refractivity contribution >= 4 is 16.7 Å². The summed E-state index contributed by atoms with van der Waals surface area (Å²) in [4.78, 5) is 21.3. The van der Waals surface area contributed by atoms with Crippen LogP contribution < -0.4 is 10.5 Å². The van der Waals surface area contributed by atoms with Gasteiger partial charge in [-0.15, -0.1) is 0 Å². The largest absolute Gasteiger partial charge is 0.364 e. The first-order valence-electron chi connectivity index (χ1n) is 11.6. The molecule has 3 aromatic heterocycles. The van der Waals surface area contributed by atoms with Crippen molar-refractivity contribution in [1.29, 1.82) is 5.26 Å². The zero-order chi connectivity index (χ0) is 24.6. The molecule has 1 aliphatic heterocycles. The summed E-state index contributed by atoms with van der Waals surface area (Å²) in [7, 11) is 1.70. The van der Waals surface area contributed by atoms with Crippen molar-refractivity contribution in [2.75, 3.05) is 18.0 Å². The van der Waals surface area contributed by atoms with Gasteiger partial charge in [0.05, 0.1) is 41.4 Å². The van der Waals surface area contributed by atoms with Crippen molar-refractivity contribution in [3.63, 3.8) is 0 Å². The van der Waals surface area contributed by atoms with Crippen molar-refractivity contribution in [2.45, 2.75) is 58.3 Å². The first-order valence-corrected chi connectivity index (χ1v) is 11.6. The van der Waals surface area contributed by atoms with Gasteiger partial charge in [-0.1, -0.05) is 13.8 Å². The lowest BCUT2D eigenvalue weighted by atomic mass is 9.98. The lowest BCUT2D eigenvalue weighted by Crippen LogP contribution is -2.59. The Hall–Kier alpha value is -3.32. The van der Waals surface area contributed by atoms with Gasteiger partial charge in [0, 0.05) is 44.4 Å². The van der Waals surface area contributed by atoms with E-state index >= 15 is 0 Å². The zero-order valence-electron chi connectivity index (χ0n) is 19.9. The minimum absolute atomic E-state index is 0.0465. The molecule has 8 nitrogen and oxygen atoms in total. The second kappa shape index (κ2) is 9.50. The first kappa shape index (κ1) is 23.8. The van der Waals surface area contributed by atoms with Gasteiger partial charge in [0.25, 0.3) is 5.56 Å². The number of fused-ring (bicyclic) bond motifs is 1. The molecular weight excluding hydrogens is 440 g/mol. The van der Waals surface area contributed by atoms with Gasteiger partial charge in [-0.05, 0) is 19.8 Å². The van der Waals surface area contributed by atoms with Crippen molar-refractivity contribution in [3.05, 3.63) is 52.2 Å². The zero-order valence-corrected chi connectivity index (χ0v) is 19.9. The van der Waals surface area contributed by atoms with E-state index in [0.29, 0.717) is 24.1 Å². The second-order valence-corrected chi connectivity index (χ2v) is 8.82. The molecule has 0 aliphatic carbocycles. The predicted molar refractivity (Wildman–Crippen MR) is 125 cm³/mol. The molecule has 0 amide bonds. The number of pyridine rings is 2. The van der Waals surface area contributed by atoms with E-state index in [0.717, 1.165) is 30.8 Å². The third-order valence-corrected chi connectivity index (χ3v) is 6.89. The molecule has 0 aromatic carbocycles. The van der Waals surface area contributed by atoms with Crippen LogP contribution >= 0.6 is 0 Å². The molecule has 3 aromatic rings. The summed E-state index contributed by atoms with van der Waals surface area (Å²) < 4.78 is 31.0. The van der Waals surface area contributed by atoms with Crippen LogP contribution in [0.25, 0.3) is 11.0 Å². The maximum Gasteiger partial charge on any atom is 0.252 e. The third-order valence-electron chi connectivity index (χ3n) is 6.89. The van der Waals surface area contributed by atoms with E-state index < -0.39 is 11.6 Å². The molecule has 1 saturated heterocycles. The highest BCUT2D eigenvalue weighted by Gasteiger charge is 2.37. The molecular formula is C24H29F2N7O. The highest BCUT2D eigenvalue weighted by Crippen LogP contribution is 2.34. The standard InChI is InChI=1S/C24H29F2N7O/c1-5-17-13-33(20-10-22(34)30(4)21-14-31(8-7-27)29-24(20)21)18(6-2)12-32(17)15(3)23-19(26)9-16(25)11-28-23/h9-11,14-15,17-18H,5-6,8,12-13H2,1-4H3/t15?,17-,18+/m1/s1. The first-order chi connectivity index (χ1) is 16.3. The van der Waals surface area contributed by atoms with Crippen molar-refractivity contribution in [2.24, 2.45) is 7.05 Å². The molecule has 1 fully saturated rings. The molecule has 4 heterocycles. The highest BCUT2D eigenvalue weighted by molar-refractivity contribution is 5.88. The number of anilines is 1. The topological polar surface area (TPSA) is 83.0 Å². The monoisotopic (exact) mass is 469 g/mol. The van der Waals surface area contributed by atoms with Crippen LogP contribution in [0.3, 0.4) is 0 Å². The summed E-state index contributed by atoms with van der Waals surface area (Å²) >= 11 is 0. The number of halogens is 2. The van der Waals surface area contributed by atoms with Gasteiger partial charge in [-0.2, -0.15) is 10.4 Å². The Morgan fingerprint density at radius 3 is 2.59 bits per heavy atom. The molecule has 180 valence electrons. The minimum Gasteiger partial charge on any atom is -0.364 e. The molecule has 0 saturated carbocycles. The van der Waals surface area contributed by atoms with E-state index in [9.17, 15) is 13.6 Å². The van der Waals surface area contributed by atoms with Crippen LogP contribution in [0.5, 0.6) is 0 Å². The summed E-state index contributed by atoms with van der Waals surface area (Å²) in [5, 5.41) is 13.7. The maximum absolute atomic E-state index is 14.5. The fraction of sp³-hybridized carbons (Fsp3) is 0.500. The molecule has 4 rings (SSSR count). The number of nitrogens with zero attached hydrogens (tertiary/aromatic N) is 7. The lowest BCUT2D eigenvalue weighted by molar-refractivity contribution is 0.0970. The Kier molecular flexibility index (Phi) is 6.66. The Balaban J connectivity index is 1.73. The fourth-order valence-electron chi connectivity index (χ4n) is 4.96. The number of nitriles is 1. The van der Waals surface area contributed by atoms with Crippen LogP contribution in [0.15, 0.2) is 29.3 Å². The van der Waals surface area contributed by atoms with Crippen molar-refractivity contribution in [1.82, 2.24) is 24.2 Å². The maximum atomic E-state index is 14.5. The number of piperazine rings is 1. The average Bonchev–Trinajstić information content (AvgIpc) is 3.24. The van der Waals surface area contributed by atoms with Gasteiger partial charge in [0.15, 0.2) is 0 Å². The van der Waals surface area contributed by atoms with Gasteiger partial charge in [-0.3, -0.25) is 19.4 Å². The van der Waals surface area contributed by atoms with E-state index in [1.54, 1.807) is 28.6 Å². The quantitative estimate of drug-likeness (QED) is 0.551. The SMILES string of the molecule is CC[C@H]1CN(C(C)c2ncc(F)cc2F)[C@H](CC)CN1c1cc(=O)n(C)c2cn(CC#N)nc12. The summed E-state index contributed by atoms with van der Waals surface area (Å²) in [5.41, 5.74) is 2.19. The van der Waals surface area contributed by atoms with Crippen LogP contribution in [0, 0.1) is 23.0 Å². The van der Waals surface area contributed by atoms with Crippen LogP contribution in [-0.4, -0.2) is 49.4 Å². The molecule has 0 spiro atoms. The Labute approximate surface area is 197 Å². The molecule has 3 atom stereocenters. The van der Waals surface area contributed by atoms with Gasteiger partial charge >= 0.3 is 0 Å². The number of aromatic nitrogens is 4. The number of aryl methyl sites for hydroxylation is 1. The fourth-order valence-corrected chi connectivity index (χ4v) is 4.96. The van der Waals surface area contributed by atoms with Crippen molar-refractivity contribution < 1.29 is 8.78 Å². The molecule has 0 radical (unpaired) electrons. The second-order valence-electron chi connectivity index (χ2n) is 8.82. The molecule has 0 bridgehead atoms.